The molecule has 0 atom stereocenters. The summed E-state index contributed by atoms with van der Waals surface area (Å²) in [5.74, 6) is 0. The Bertz CT molecular complexity index is 3230. The summed E-state index contributed by atoms with van der Waals surface area (Å²) in [6.45, 7) is 14.3. The van der Waals surface area contributed by atoms with E-state index in [1.807, 2.05) is 0 Å². The van der Waals surface area contributed by atoms with Gasteiger partial charge in [-0.15, -0.1) is 0 Å². The van der Waals surface area contributed by atoms with Crippen molar-refractivity contribution in [2.75, 3.05) is 4.90 Å². The number of rotatable bonds is 3. The molecule has 8 aromatic carbocycles. The lowest BCUT2D eigenvalue weighted by atomic mass is 9.66. The average molecular weight is 759 g/mol. The Morgan fingerprint density at radius 2 is 0.898 bits per heavy atom. The van der Waals surface area contributed by atoms with Crippen LogP contribution in [0.4, 0.5) is 17.1 Å². The first-order chi connectivity index (χ1) is 28.5. The first-order valence-electron chi connectivity index (χ1n) is 21.1. The zero-order valence-corrected chi connectivity index (χ0v) is 34.6. The molecule has 0 spiro atoms. The smallest absolute Gasteiger partial charge is 0.0544 e. The van der Waals surface area contributed by atoms with Gasteiger partial charge in [0.2, 0.25) is 0 Å². The van der Waals surface area contributed by atoms with Crippen molar-refractivity contribution in [2.45, 2.75) is 57.8 Å². The quantitative estimate of drug-likeness (QED) is 0.174. The molecule has 59 heavy (non-hydrogen) atoms. The molecule has 0 radical (unpaired) electrons. The van der Waals surface area contributed by atoms with Crippen molar-refractivity contribution < 1.29 is 0 Å². The van der Waals surface area contributed by atoms with Crippen molar-refractivity contribution in [3.8, 4) is 39.1 Å². The number of anilines is 3. The summed E-state index contributed by atoms with van der Waals surface area (Å²) in [6, 6.07) is 64.1. The number of hydrogen-bond acceptors (Lipinski definition) is 1. The standard InChI is InChI=1S/C57H46N2/c1-55(2)44-18-11-10-17-40(44)41-33-43-42-31-37(25-29-50(42)58(53(43)34-48(41)55)39-27-23-36(24-28-39)35-15-8-7-9-16-35)38-26-30-52-49(32-38)57(5,6)47-21-14-20-46-54(47)59(52)51-22-13-12-19-45(51)56(46,3)4/h7-34H,1-6H3. The monoisotopic (exact) mass is 758 g/mol. The van der Waals surface area contributed by atoms with Crippen LogP contribution in [0.25, 0.3) is 60.9 Å². The molecule has 284 valence electrons. The Balaban J connectivity index is 1.06. The van der Waals surface area contributed by atoms with Crippen molar-refractivity contribution >= 4 is 38.9 Å². The van der Waals surface area contributed by atoms with E-state index >= 15 is 0 Å². The minimum Gasteiger partial charge on any atom is -0.309 e. The van der Waals surface area contributed by atoms with E-state index in [1.54, 1.807) is 0 Å². The SMILES string of the molecule is CC1(C)c2ccccc2-c2cc3c4cc(-c5ccc6c(c5)C(C)(C)c5cccc7c5N6c5ccccc5C7(C)C)ccc4n(-c4ccc(-c5ccccc5)cc4)c3cc21. The number of aromatic nitrogens is 1. The highest BCUT2D eigenvalue weighted by Gasteiger charge is 2.45. The molecule has 0 bridgehead atoms. The predicted molar refractivity (Wildman–Crippen MR) is 248 cm³/mol. The molecule has 2 heteroatoms. The van der Waals surface area contributed by atoms with Crippen LogP contribution in [-0.2, 0) is 16.2 Å². The Hall–Kier alpha value is -6.64. The highest BCUT2D eigenvalue weighted by molar-refractivity contribution is 6.13. The molecule has 0 fully saturated rings. The zero-order chi connectivity index (χ0) is 40.0. The lowest BCUT2D eigenvalue weighted by molar-refractivity contribution is 0.597. The second-order valence-electron chi connectivity index (χ2n) is 18.6. The summed E-state index contributed by atoms with van der Waals surface area (Å²) >= 11 is 0. The second kappa shape index (κ2) is 11.7. The van der Waals surface area contributed by atoms with Crippen LogP contribution < -0.4 is 4.90 Å². The van der Waals surface area contributed by atoms with Gasteiger partial charge in [0, 0.05) is 32.7 Å². The van der Waals surface area contributed by atoms with Gasteiger partial charge in [0.05, 0.1) is 28.1 Å². The fourth-order valence-corrected chi connectivity index (χ4v) is 11.2. The molecule has 0 N–H and O–H groups in total. The van der Waals surface area contributed by atoms with Gasteiger partial charge in [0.25, 0.3) is 0 Å². The van der Waals surface area contributed by atoms with Crippen LogP contribution in [0, 0.1) is 0 Å². The van der Waals surface area contributed by atoms with Crippen LogP contribution in [0.2, 0.25) is 0 Å². The first-order valence-corrected chi connectivity index (χ1v) is 21.1. The van der Waals surface area contributed by atoms with Crippen LogP contribution in [0.1, 0.15) is 74.9 Å². The summed E-state index contributed by atoms with van der Waals surface area (Å²) in [7, 11) is 0. The van der Waals surface area contributed by atoms with E-state index in [9.17, 15) is 0 Å². The Morgan fingerprint density at radius 3 is 1.68 bits per heavy atom. The number of hydrogen-bond donors (Lipinski definition) is 0. The van der Waals surface area contributed by atoms with Crippen molar-refractivity contribution in [3.63, 3.8) is 0 Å². The van der Waals surface area contributed by atoms with Crippen LogP contribution in [-0.4, -0.2) is 4.57 Å². The molecule has 0 amide bonds. The van der Waals surface area contributed by atoms with Gasteiger partial charge in [-0.1, -0.05) is 157 Å². The highest BCUT2D eigenvalue weighted by atomic mass is 15.2. The molecular formula is C57H46N2. The lowest BCUT2D eigenvalue weighted by Gasteiger charge is -2.49. The van der Waals surface area contributed by atoms with Gasteiger partial charge >= 0.3 is 0 Å². The third kappa shape index (κ3) is 4.58. The van der Waals surface area contributed by atoms with E-state index in [0.29, 0.717) is 0 Å². The molecule has 1 aromatic heterocycles. The van der Waals surface area contributed by atoms with Gasteiger partial charge in [-0.05, 0) is 121 Å². The van der Waals surface area contributed by atoms with Gasteiger partial charge in [0.15, 0.2) is 0 Å². The largest absolute Gasteiger partial charge is 0.309 e. The number of benzene rings is 8. The number of fused-ring (bicyclic) bond motifs is 10. The molecule has 3 aliphatic rings. The minimum atomic E-state index is -0.192. The Kier molecular flexibility index (Phi) is 6.84. The van der Waals surface area contributed by atoms with Gasteiger partial charge in [-0.25, -0.2) is 0 Å². The van der Waals surface area contributed by atoms with Crippen LogP contribution >= 0.6 is 0 Å². The third-order valence-electron chi connectivity index (χ3n) is 14.4. The average Bonchev–Trinajstić information content (AvgIpc) is 3.70. The Labute approximate surface area is 347 Å². The van der Waals surface area contributed by atoms with E-state index < -0.39 is 0 Å². The number of para-hydroxylation sites is 2. The second-order valence-corrected chi connectivity index (χ2v) is 18.6. The fourth-order valence-electron chi connectivity index (χ4n) is 11.2. The molecule has 2 aliphatic heterocycles. The summed E-state index contributed by atoms with van der Waals surface area (Å²) in [5, 5.41) is 2.56. The van der Waals surface area contributed by atoms with E-state index in [-0.39, 0.29) is 16.2 Å². The maximum Gasteiger partial charge on any atom is 0.0544 e. The fraction of sp³-hybridized carbons (Fsp3) is 0.158. The third-order valence-corrected chi connectivity index (χ3v) is 14.4. The van der Waals surface area contributed by atoms with Crippen LogP contribution in [0.15, 0.2) is 170 Å². The van der Waals surface area contributed by atoms with Gasteiger partial charge in [-0.2, -0.15) is 0 Å². The predicted octanol–water partition coefficient (Wildman–Crippen LogP) is 15.2. The van der Waals surface area contributed by atoms with Gasteiger partial charge in [0.1, 0.15) is 0 Å². The van der Waals surface area contributed by atoms with Crippen molar-refractivity contribution in [2.24, 2.45) is 0 Å². The van der Waals surface area contributed by atoms with Gasteiger partial charge < -0.3 is 9.47 Å². The summed E-state index contributed by atoms with van der Waals surface area (Å²) < 4.78 is 2.49. The molecule has 2 nitrogen and oxygen atoms in total. The maximum atomic E-state index is 2.55. The molecule has 9 aromatic rings. The topological polar surface area (TPSA) is 8.17 Å². The molecule has 0 unspecified atom stereocenters. The van der Waals surface area contributed by atoms with Crippen molar-refractivity contribution in [3.05, 3.63) is 203 Å². The molecule has 1 aliphatic carbocycles. The normalized spacial score (nSPS) is 16.0. The first kappa shape index (κ1) is 34.4. The summed E-state index contributed by atoms with van der Waals surface area (Å²) in [4.78, 5) is 2.55. The van der Waals surface area contributed by atoms with Crippen LogP contribution in [0.3, 0.4) is 0 Å². The lowest BCUT2D eigenvalue weighted by Crippen LogP contribution is -2.38. The van der Waals surface area contributed by atoms with Crippen molar-refractivity contribution in [1.82, 2.24) is 4.57 Å². The Morgan fingerprint density at radius 1 is 0.339 bits per heavy atom. The molecular weight excluding hydrogens is 713 g/mol. The van der Waals surface area contributed by atoms with Gasteiger partial charge in [-0.3, -0.25) is 0 Å². The van der Waals surface area contributed by atoms with E-state index in [4.69, 9.17) is 0 Å². The zero-order valence-electron chi connectivity index (χ0n) is 34.6. The van der Waals surface area contributed by atoms with E-state index in [0.717, 1.165) is 0 Å². The highest BCUT2D eigenvalue weighted by Crippen LogP contribution is 2.60. The van der Waals surface area contributed by atoms with Crippen molar-refractivity contribution in [1.29, 1.82) is 0 Å². The minimum absolute atomic E-state index is 0.0936. The summed E-state index contributed by atoms with van der Waals surface area (Å²) in [5.41, 5.74) is 23.1. The molecule has 12 rings (SSSR count). The van der Waals surface area contributed by atoms with Crippen LogP contribution in [0.5, 0.6) is 0 Å². The van der Waals surface area contributed by atoms with E-state index in [2.05, 4.69) is 221 Å². The molecule has 3 heterocycles. The summed E-state index contributed by atoms with van der Waals surface area (Å²) in [6.07, 6.45) is 0. The molecule has 0 saturated carbocycles. The molecule has 0 saturated heterocycles. The van der Waals surface area contributed by atoms with E-state index in [1.165, 1.54) is 111 Å². The maximum absolute atomic E-state index is 2.55. The number of nitrogens with zero attached hydrogens (tertiary/aromatic N) is 2.